The maximum Gasteiger partial charge on any atom is 0.321 e. The number of carbonyl (C=O) groups is 1. The van der Waals surface area contributed by atoms with E-state index in [4.69, 9.17) is 0 Å². The number of nitrogens with one attached hydrogen (secondary N) is 1. The summed E-state index contributed by atoms with van der Waals surface area (Å²) in [5, 5.41) is 0. The van der Waals surface area contributed by atoms with Gasteiger partial charge >= 0.3 is 5.97 Å². The highest BCUT2D eigenvalue weighted by atomic mass is 32.2. The van der Waals surface area contributed by atoms with Gasteiger partial charge in [-0.2, -0.15) is 17.4 Å². The minimum absolute atomic E-state index is 0.242. The summed E-state index contributed by atoms with van der Waals surface area (Å²) in [6.45, 7) is 5.78. The van der Waals surface area contributed by atoms with Crippen LogP contribution in [-0.2, 0) is 19.7 Å². The van der Waals surface area contributed by atoms with Crippen molar-refractivity contribution in [1.82, 2.24) is 9.03 Å². The Labute approximate surface area is 90.8 Å². The van der Waals surface area contributed by atoms with E-state index in [-0.39, 0.29) is 13.2 Å². The molecule has 90 valence electrons. The number of hydrogen-bond donors (Lipinski definition) is 1. The maximum atomic E-state index is 11.5. The van der Waals surface area contributed by atoms with Gasteiger partial charge in [0.25, 0.3) is 10.2 Å². The second-order valence-electron chi connectivity index (χ2n) is 2.72. The number of hydrogen-bond acceptors (Lipinski definition) is 4. The van der Waals surface area contributed by atoms with E-state index >= 15 is 0 Å². The average Bonchev–Trinajstić information content (AvgIpc) is 2.17. The van der Waals surface area contributed by atoms with Crippen molar-refractivity contribution in [1.29, 1.82) is 0 Å². The monoisotopic (exact) mass is 238 g/mol. The van der Waals surface area contributed by atoms with Crippen molar-refractivity contribution in [3.8, 4) is 0 Å². The summed E-state index contributed by atoms with van der Waals surface area (Å²) < 4.78 is 31.0. The quantitative estimate of drug-likeness (QED) is 0.619. The fraction of sp³-hybridized carbons (Fsp3) is 0.875. The van der Waals surface area contributed by atoms with Crippen LogP contribution in [-0.4, -0.2) is 44.9 Å². The highest BCUT2D eigenvalue weighted by molar-refractivity contribution is 7.87. The first-order chi connectivity index (χ1) is 6.97. The number of carbonyl (C=O) groups excluding carboxylic acids is 1. The molecule has 15 heavy (non-hydrogen) atoms. The molecule has 0 spiro atoms. The molecule has 0 fully saturated rings. The molecule has 0 radical (unpaired) electrons. The molecule has 0 aliphatic carbocycles. The number of ether oxygens (including phenoxy) is 1. The Bertz CT molecular complexity index is 285. The molecule has 0 aromatic carbocycles. The first kappa shape index (κ1) is 14.3. The van der Waals surface area contributed by atoms with Crippen LogP contribution in [0, 0.1) is 0 Å². The van der Waals surface area contributed by atoms with Crippen LogP contribution in [0.1, 0.15) is 20.8 Å². The summed E-state index contributed by atoms with van der Waals surface area (Å²) in [4.78, 5) is 10.9. The van der Waals surface area contributed by atoms with Crippen molar-refractivity contribution in [2.45, 2.75) is 20.8 Å². The van der Waals surface area contributed by atoms with E-state index in [1.165, 1.54) is 4.31 Å². The van der Waals surface area contributed by atoms with Gasteiger partial charge in [0, 0.05) is 13.1 Å². The molecule has 0 amide bonds. The fourth-order valence-corrected chi connectivity index (χ4v) is 2.18. The molecule has 0 saturated carbocycles. The molecule has 0 heterocycles. The van der Waals surface area contributed by atoms with E-state index in [0.29, 0.717) is 13.1 Å². The van der Waals surface area contributed by atoms with E-state index < -0.39 is 16.2 Å². The fourth-order valence-electron chi connectivity index (χ4n) is 1.02. The lowest BCUT2D eigenvalue weighted by Crippen LogP contribution is -2.42. The van der Waals surface area contributed by atoms with E-state index in [1.54, 1.807) is 20.8 Å². The zero-order valence-electron chi connectivity index (χ0n) is 9.32. The Morgan fingerprint density at radius 1 is 1.27 bits per heavy atom. The lowest BCUT2D eigenvalue weighted by Gasteiger charge is -2.18. The minimum Gasteiger partial charge on any atom is -0.465 e. The Kier molecular flexibility index (Phi) is 6.46. The van der Waals surface area contributed by atoms with Gasteiger partial charge in [-0.1, -0.05) is 13.8 Å². The van der Waals surface area contributed by atoms with Crippen molar-refractivity contribution in [3.05, 3.63) is 0 Å². The zero-order valence-corrected chi connectivity index (χ0v) is 10.1. The molecule has 6 nitrogen and oxygen atoms in total. The van der Waals surface area contributed by atoms with Gasteiger partial charge < -0.3 is 4.74 Å². The van der Waals surface area contributed by atoms with Crippen LogP contribution in [0.3, 0.4) is 0 Å². The van der Waals surface area contributed by atoms with Crippen molar-refractivity contribution in [2.75, 3.05) is 26.2 Å². The molecule has 0 bridgehead atoms. The van der Waals surface area contributed by atoms with Gasteiger partial charge in [0.15, 0.2) is 0 Å². The minimum atomic E-state index is -3.55. The van der Waals surface area contributed by atoms with Crippen molar-refractivity contribution in [2.24, 2.45) is 0 Å². The van der Waals surface area contributed by atoms with Crippen LogP contribution in [0.15, 0.2) is 0 Å². The van der Waals surface area contributed by atoms with Crippen molar-refractivity contribution in [3.63, 3.8) is 0 Å². The molecule has 0 saturated heterocycles. The highest BCUT2D eigenvalue weighted by Crippen LogP contribution is 1.95. The second kappa shape index (κ2) is 6.76. The molecule has 0 aromatic rings. The number of nitrogens with zero attached hydrogens (tertiary/aromatic N) is 1. The average molecular weight is 238 g/mol. The first-order valence-electron chi connectivity index (χ1n) is 4.88. The standard InChI is InChI=1S/C8H18N2O4S/c1-4-10(5-2)15(12,13)9-7-8(11)14-6-3/h9H,4-7H2,1-3H3. The Balaban J connectivity index is 4.21. The largest absolute Gasteiger partial charge is 0.465 e. The topological polar surface area (TPSA) is 75.7 Å². The SMILES string of the molecule is CCOC(=O)CNS(=O)(=O)N(CC)CC. The third-order valence-electron chi connectivity index (χ3n) is 1.75. The maximum absolute atomic E-state index is 11.5. The Hall–Kier alpha value is -0.660. The lowest BCUT2D eigenvalue weighted by molar-refractivity contribution is -0.141. The second-order valence-corrected chi connectivity index (χ2v) is 4.47. The molecule has 0 atom stereocenters. The third kappa shape index (κ3) is 5.10. The smallest absolute Gasteiger partial charge is 0.321 e. The summed E-state index contributed by atoms with van der Waals surface area (Å²) in [5.74, 6) is -0.576. The molecule has 0 rings (SSSR count). The van der Waals surface area contributed by atoms with Crippen LogP contribution in [0.25, 0.3) is 0 Å². The van der Waals surface area contributed by atoms with Gasteiger partial charge in [-0.25, -0.2) is 0 Å². The summed E-state index contributed by atoms with van der Waals surface area (Å²) in [6.07, 6.45) is 0. The summed E-state index contributed by atoms with van der Waals surface area (Å²) in [5.41, 5.74) is 0. The molecular weight excluding hydrogens is 220 g/mol. The Morgan fingerprint density at radius 3 is 2.20 bits per heavy atom. The van der Waals surface area contributed by atoms with Gasteiger partial charge in [-0.3, -0.25) is 4.79 Å². The summed E-state index contributed by atoms with van der Waals surface area (Å²) in [7, 11) is -3.55. The first-order valence-corrected chi connectivity index (χ1v) is 6.32. The lowest BCUT2D eigenvalue weighted by atomic mass is 10.7. The van der Waals surface area contributed by atoms with E-state index in [2.05, 4.69) is 9.46 Å². The van der Waals surface area contributed by atoms with Crippen LogP contribution in [0.5, 0.6) is 0 Å². The van der Waals surface area contributed by atoms with E-state index in [0.717, 1.165) is 0 Å². The van der Waals surface area contributed by atoms with Gasteiger partial charge in [0.05, 0.1) is 6.61 Å². The molecule has 0 unspecified atom stereocenters. The highest BCUT2D eigenvalue weighted by Gasteiger charge is 2.19. The van der Waals surface area contributed by atoms with Gasteiger partial charge in [-0.15, -0.1) is 0 Å². The molecule has 0 aromatic heterocycles. The van der Waals surface area contributed by atoms with Crippen LogP contribution >= 0.6 is 0 Å². The Morgan fingerprint density at radius 2 is 1.80 bits per heavy atom. The predicted octanol–water partition coefficient (Wildman–Crippen LogP) is -0.274. The van der Waals surface area contributed by atoms with Crippen molar-refractivity contribution >= 4 is 16.2 Å². The predicted molar refractivity (Wildman–Crippen MR) is 56.5 cm³/mol. The van der Waals surface area contributed by atoms with Crippen LogP contribution < -0.4 is 4.72 Å². The van der Waals surface area contributed by atoms with Gasteiger partial charge in [0.2, 0.25) is 0 Å². The molecule has 1 N–H and O–H groups in total. The van der Waals surface area contributed by atoms with Crippen LogP contribution in [0.4, 0.5) is 0 Å². The molecular formula is C8H18N2O4S. The van der Waals surface area contributed by atoms with Crippen LogP contribution in [0.2, 0.25) is 0 Å². The normalized spacial score (nSPS) is 11.7. The number of rotatable bonds is 7. The third-order valence-corrected chi connectivity index (χ3v) is 3.45. The summed E-state index contributed by atoms with van der Waals surface area (Å²) >= 11 is 0. The number of esters is 1. The zero-order chi connectivity index (χ0) is 11.9. The van der Waals surface area contributed by atoms with E-state index in [1.807, 2.05) is 0 Å². The summed E-state index contributed by atoms with van der Waals surface area (Å²) in [6, 6.07) is 0. The molecule has 0 aliphatic heterocycles. The molecule has 7 heteroatoms. The van der Waals surface area contributed by atoms with Gasteiger partial charge in [-0.05, 0) is 6.92 Å². The van der Waals surface area contributed by atoms with E-state index in [9.17, 15) is 13.2 Å². The van der Waals surface area contributed by atoms with Gasteiger partial charge in [0.1, 0.15) is 6.54 Å². The molecule has 0 aliphatic rings. The van der Waals surface area contributed by atoms with Crippen molar-refractivity contribution < 1.29 is 17.9 Å².